The molecule has 4 saturated heterocycles. The number of nitriles is 2. The highest BCUT2D eigenvalue weighted by Gasteiger charge is 2.41. The van der Waals surface area contributed by atoms with Crippen LogP contribution in [0.1, 0.15) is 93.6 Å². The summed E-state index contributed by atoms with van der Waals surface area (Å²) in [5.74, 6) is -2.17. The number of nitrogens with one attached hydrogen (secondary N) is 2. The summed E-state index contributed by atoms with van der Waals surface area (Å²) in [7, 11) is 0. The molecule has 0 radical (unpaired) electrons. The molecule has 6 aliphatic rings. The summed E-state index contributed by atoms with van der Waals surface area (Å²) in [6.07, 6.45) is 0.601. The number of benzene rings is 6. The van der Waals surface area contributed by atoms with Crippen molar-refractivity contribution in [3.05, 3.63) is 201 Å². The second-order valence-electron chi connectivity index (χ2n) is 21.5. The molecule has 6 aromatic carbocycles. The van der Waals surface area contributed by atoms with Gasteiger partial charge in [0.1, 0.15) is 48.4 Å². The highest BCUT2D eigenvalue weighted by atomic mass is 19.1. The normalized spacial score (nSPS) is 21.0. The second kappa shape index (κ2) is 25.0. The molecule has 4 fully saturated rings. The van der Waals surface area contributed by atoms with Crippen molar-refractivity contribution in [1.82, 2.24) is 30.2 Å². The van der Waals surface area contributed by atoms with E-state index in [0.29, 0.717) is 101 Å². The van der Waals surface area contributed by atoms with Gasteiger partial charge >= 0.3 is 0 Å². The number of fused-ring (bicyclic) bond motifs is 2. The number of piperazine rings is 2. The fraction of sp³-hybridized carbons (Fsp3) is 0.308. The van der Waals surface area contributed by atoms with Gasteiger partial charge in [0.15, 0.2) is 0 Å². The maximum atomic E-state index is 14.4. The van der Waals surface area contributed by atoms with E-state index in [9.17, 15) is 32.8 Å². The fourth-order valence-electron chi connectivity index (χ4n) is 11.4. The van der Waals surface area contributed by atoms with Crippen LogP contribution in [0.2, 0.25) is 0 Å². The zero-order valence-electron chi connectivity index (χ0n) is 48.2. The zero-order chi connectivity index (χ0) is 60.3. The Hall–Kier alpha value is -9.43. The van der Waals surface area contributed by atoms with E-state index in [1.807, 2.05) is 52.3 Å². The maximum Gasteiger partial charge on any atom is 0.255 e. The van der Waals surface area contributed by atoms with Crippen LogP contribution in [0, 0.1) is 34.3 Å². The molecule has 84 heavy (non-hydrogen) atoms. The lowest BCUT2D eigenvalue weighted by atomic mass is 10.0. The third-order valence-corrected chi connectivity index (χ3v) is 16.0. The number of imide groups is 1. The third kappa shape index (κ3) is 12.5. The average Bonchev–Trinajstić information content (AvgIpc) is 2.45. The van der Waals surface area contributed by atoms with Crippen LogP contribution in [0.4, 0.5) is 20.2 Å². The van der Waals surface area contributed by atoms with Gasteiger partial charge in [-0.05, 0) is 102 Å². The second-order valence-corrected chi connectivity index (χ2v) is 21.5. The first-order valence-electron chi connectivity index (χ1n) is 29.0. The molecule has 0 aliphatic carbocycles. The van der Waals surface area contributed by atoms with E-state index < -0.39 is 35.7 Å². The lowest BCUT2D eigenvalue weighted by Gasteiger charge is -2.36. The number of hydrogen-bond donors (Lipinski definition) is 2. The first-order chi connectivity index (χ1) is 41.5. The number of nitrogens with zero attached hydrogens (tertiary/aromatic N) is 8. The van der Waals surface area contributed by atoms with Gasteiger partial charge in [0.25, 0.3) is 11.8 Å². The van der Waals surface area contributed by atoms with Gasteiger partial charge in [-0.25, -0.2) is 8.78 Å². The standard InChI is InChI=1S/C33H32FN5O3.C32H30FN5O4/c1-22-5-11-30(32(40)36-22)39-20-27-26(33(39)41)3-2-4-31(27)42-21-24-8-6-23(7-9-24)19-37-13-15-38(16-14-37)29-12-10-25(18-35)17-28(29)34;33-26-16-23(17-34)8-9-27(26)37-14-12-36(13-15-37)18-21-4-6-22(7-5-21)20-42-29-3-1-2-24-25(29)19-38(32(24)41)28-10-11-30(39)35-31(28)40/h2-4,6-10,12,17,30H,1,5,11,13-16,19-21H2,(H,36,40);1-9,16,28H,10-15,18-20H2,(H,35,39,40)/t30-;28-/m10/s1/i30D;28D. The minimum atomic E-state index is -1.84. The Kier molecular flexibility index (Phi) is 16.0. The highest BCUT2D eigenvalue weighted by molar-refractivity contribution is 6.06. The van der Waals surface area contributed by atoms with E-state index in [-0.39, 0.29) is 56.5 Å². The van der Waals surface area contributed by atoms with Crippen LogP contribution in [0.5, 0.6) is 11.5 Å². The molecule has 428 valence electrons. The van der Waals surface area contributed by atoms with Gasteiger partial charge < -0.3 is 34.4 Å². The predicted molar refractivity (Wildman–Crippen MR) is 308 cm³/mol. The van der Waals surface area contributed by atoms with Crippen molar-refractivity contribution in [1.29, 1.82) is 10.5 Å². The topological polar surface area (TPSA) is 195 Å². The predicted octanol–water partition coefficient (Wildman–Crippen LogP) is 7.71. The molecule has 0 aromatic heterocycles. The minimum Gasteiger partial charge on any atom is -0.489 e. The summed E-state index contributed by atoms with van der Waals surface area (Å²) >= 11 is 0. The average molecular weight is 1140 g/mol. The number of anilines is 2. The molecule has 12 rings (SSSR count). The van der Waals surface area contributed by atoms with Crippen molar-refractivity contribution >= 4 is 40.9 Å². The Morgan fingerprint density at radius 2 is 0.964 bits per heavy atom. The number of ether oxygens (including phenoxy) is 2. The Morgan fingerprint density at radius 1 is 0.548 bits per heavy atom. The van der Waals surface area contributed by atoms with Crippen molar-refractivity contribution in [3.63, 3.8) is 0 Å². The Labute approximate surface area is 488 Å². The summed E-state index contributed by atoms with van der Waals surface area (Å²) in [6, 6.07) is 36.4. The van der Waals surface area contributed by atoms with Crippen LogP contribution >= 0.6 is 0 Å². The fourth-order valence-corrected chi connectivity index (χ4v) is 11.4. The van der Waals surface area contributed by atoms with Crippen LogP contribution < -0.4 is 29.9 Å². The quantitative estimate of drug-likeness (QED) is 0.101. The van der Waals surface area contributed by atoms with Crippen molar-refractivity contribution < 1.29 is 45.0 Å². The summed E-state index contributed by atoms with van der Waals surface area (Å²) < 4.78 is 58.6. The number of rotatable bonds is 14. The summed E-state index contributed by atoms with van der Waals surface area (Å²) in [4.78, 5) is 74.3. The molecule has 0 spiro atoms. The first-order valence-corrected chi connectivity index (χ1v) is 28.0. The summed E-state index contributed by atoms with van der Waals surface area (Å²) in [5, 5.41) is 22.8. The minimum absolute atomic E-state index is 0.00348. The van der Waals surface area contributed by atoms with Crippen LogP contribution in [0.3, 0.4) is 0 Å². The van der Waals surface area contributed by atoms with Gasteiger partial charge in [0, 0.05) is 99.8 Å². The van der Waals surface area contributed by atoms with Crippen molar-refractivity contribution in [2.75, 3.05) is 62.2 Å². The molecule has 17 nitrogen and oxygen atoms in total. The van der Waals surface area contributed by atoms with Crippen molar-refractivity contribution in [2.24, 2.45) is 0 Å². The Morgan fingerprint density at radius 3 is 1.37 bits per heavy atom. The van der Waals surface area contributed by atoms with Gasteiger partial charge in [0.05, 0.1) is 50.5 Å². The molecule has 0 bridgehead atoms. The van der Waals surface area contributed by atoms with E-state index >= 15 is 0 Å². The van der Waals surface area contributed by atoms with Crippen LogP contribution in [-0.4, -0.2) is 114 Å². The lowest BCUT2D eigenvalue weighted by Crippen LogP contribution is -2.52. The van der Waals surface area contributed by atoms with Crippen molar-refractivity contribution in [3.8, 4) is 23.6 Å². The van der Waals surface area contributed by atoms with Gasteiger partial charge in [-0.1, -0.05) is 67.2 Å². The summed E-state index contributed by atoms with van der Waals surface area (Å²) in [6.45, 7) is 12.1. The third-order valence-electron chi connectivity index (χ3n) is 16.0. The summed E-state index contributed by atoms with van der Waals surface area (Å²) in [5.41, 5.74) is 8.66. The molecular formula is C65H62F2N10O7. The van der Waals surface area contributed by atoms with E-state index in [4.69, 9.17) is 22.7 Å². The first kappa shape index (κ1) is 53.9. The number of allylic oxidation sites excluding steroid dienone is 1. The molecule has 2 N–H and O–H groups in total. The molecule has 6 aliphatic heterocycles. The van der Waals surface area contributed by atoms with Gasteiger partial charge in [-0.3, -0.25) is 39.1 Å². The Balaban J connectivity index is 0.000000179. The largest absolute Gasteiger partial charge is 0.489 e. The van der Waals surface area contributed by atoms with Crippen LogP contribution in [0.15, 0.2) is 134 Å². The molecule has 5 amide bonds. The molecule has 0 unspecified atom stereocenters. The van der Waals surface area contributed by atoms with E-state index in [0.717, 1.165) is 61.5 Å². The Bertz CT molecular complexity index is 3510. The molecule has 6 aromatic rings. The number of carbonyl (C=O) groups excluding carboxylic acids is 5. The zero-order valence-corrected chi connectivity index (χ0v) is 46.2. The number of halogens is 2. The smallest absolute Gasteiger partial charge is 0.255 e. The van der Waals surface area contributed by atoms with E-state index in [1.54, 1.807) is 54.6 Å². The highest BCUT2D eigenvalue weighted by Crippen LogP contribution is 2.36. The van der Waals surface area contributed by atoms with Crippen molar-refractivity contribution in [2.45, 2.75) is 77.1 Å². The number of carbonyl (C=O) groups is 5. The van der Waals surface area contributed by atoms with Gasteiger partial charge in [-0.15, -0.1) is 0 Å². The molecule has 2 atom stereocenters. The molecule has 0 saturated carbocycles. The molecular weight excluding hydrogens is 1070 g/mol. The number of amides is 5. The maximum absolute atomic E-state index is 14.4. The lowest BCUT2D eigenvalue weighted by molar-refractivity contribution is -0.137. The van der Waals surface area contributed by atoms with Gasteiger partial charge in [-0.2, -0.15) is 10.5 Å². The number of hydrogen-bond acceptors (Lipinski definition) is 13. The monoisotopic (exact) mass is 1130 g/mol. The van der Waals surface area contributed by atoms with Gasteiger partial charge in [0.2, 0.25) is 17.7 Å². The van der Waals surface area contributed by atoms with E-state index in [1.165, 1.54) is 21.9 Å². The number of piperidine rings is 2. The van der Waals surface area contributed by atoms with E-state index in [2.05, 4.69) is 51.3 Å². The molecule has 19 heteroatoms. The molecule has 6 heterocycles. The van der Waals surface area contributed by atoms with Crippen LogP contribution in [0.25, 0.3) is 0 Å². The SMILES string of the molecule is [2H][C@@]1(N2Cc3c(OCc4ccc(CN5CCN(c6ccc(C#N)cc6F)CC5)cc4)cccc3C2=O)CCC(=C)NC1=O.[2H][C@]1(N2Cc3c(OCc4ccc(CN5CCN(c6ccc(C#N)cc6F)CC5)cc4)cccc3C2=O)CCC(=O)NC1=O. The van der Waals surface area contributed by atoms with Crippen LogP contribution in [-0.2, 0) is 53.8 Å².